The molecule has 1 aromatic heterocycles. The van der Waals surface area contributed by atoms with Gasteiger partial charge in [-0.3, -0.25) is 0 Å². The van der Waals surface area contributed by atoms with Crippen molar-refractivity contribution in [1.29, 1.82) is 0 Å². The number of nitrogens with zero attached hydrogens (tertiary/aromatic N) is 2. The first-order chi connectivity index (χ1) is 9.76. The van der Waals surface area contributed by atoms with Crippen LogP contribution in [0, 0.1) is 0 Å². The summed E-state index contributed by atoms with van der Waals surface area (Å²) in [4.78, 5) is 9.60. The van der Waals surface area contributed by atoms with Gasteiger partial charge in [0.1, 0.15) is 0 Å². The third kappa shape index (κ3) is 2.51. The number of hydrogen-bond acceptors (Lipinski definition) is 3. The zero-order valence-electron chi connectivity index (χ0n) is 11.5. The van der Waals surface area contributed by atoms with E-state index in [2.05, 4.69) is 58.3 Å². The number of hydrogen-bond donors (Lipinski definition) is 2. The lowest BCUT2D eigenvalue weighted by Gasteiger charge is -2.19. The van der Waals surface area contributed by atoms with Crippen LogP contribution in [0.1, 0.15) is 11.1 Å². The number of benzene rings is 2. The van der Waals surface area contributed by atoms with Crippen molar-refractivity contribution < 1.29 is 0 Å². The summed E-state index contributed by atoms with van der Waals surface area (Å²) < 4.78 is 0. The second-order valence-electron chi connectivity index (χ2n) is 4.98. The van der Waals surface area contributed by atoms with Gasteiger partial charge in [-0.1, -0.05) is 24.3 Å². The largest absolute Gasteiger partial charge is 0.370 e. The average Bonchev–Trinajstić information content (AvgIpc) is 2.95. The van der Waals surface area contributed by atoms with Gasteiger partial charge >= 0.3 is 0 Å². The minimum absolute atomic E-state index is 0.590. The summed E-state index contributed by atoms with van der Waals surface area (Å²) in [6, 6.07) is 14.7. The summed E-state index contributed by atoms with van der Waals surface area (Å²) in [7, 11) is 2.09. The Kier molecular flexibility index (Phi) is 3.39. The van der Waals surface area contributed by atoms with Crippen LogP contribution in [0.15, 0.2) is 48.8 Å². The second kappa shape index (κ2) is 5.35. The van der Waals surface area contributed by atoms with Gasteiger partial charge in [-0.05, 0) is 29.3 Å². The van der Waals surface area contributed by atoms with E-state index in [9.17, 15) is 0 Å². The Bertz CT molecular complexity index is 700. The third-order valence-electron chi connectivity index (χ3n) is 3.52. The molecule has 0 bridgehead atoms. The van der Waals surface area contributed by atoms with Crippen molar-refractivity contribution in [3.05, 3.63) is 59.9 Å². The molecular weight excluding hydrogens is 248 g/mol. The van der Waals surface area contributed by atoms with E-state index in [-0.39, 0.29) is 0 Å². The van der Waals surface area contributed by atoms with Gasteiger partial charge in [0.2, 0.25) is 0 Å². The summed E-state index contributed by atoms with van der Waals surface area (Å²) in [6.07, 6.45) is 1.72. The van der Waals surface area contributed by atoms with E-state index in [1.54, 1.807) is 6.33 Å². The van der Waals surface area contributed by atoms with E-state index in [0.717, 1.165) is 23.1 Å². The Balaban J connectivity index is 1.78. The minimum atomic E-state index is 0.590. The van der Waals surface area contributed by atoms with Gasteiger partial charge in [0.15, 0.2) is 0 Å². The zero-order valence-corrected chi connectivity index (χ0v) is 11.5. The van der Waals surface area contributed by atoms with Crippen molar-refractivity contribution in [3.63, 3.8) is 0 Å². The monoisotopic (exact) mass is 266 g/mol. The van der Waals surface area contributed by atoms with Crippen LogP contribution in [0.5, 0.6) is 0 Å². The Morgan fingerprint density at radius 2 is 1.85 bits per heavy atom. The Morgan fingerprint density at radius 3 is 2.60 bits per heavy atom. The fourth-order valence-corrected chi connectivity index (χ4v) is 2.31. The first kappa shape index (κ1) is 12.7. The molecule has 0 radical (unpaired) electrons. The lowest BCUT2D eigenvalue weighted by Crippen LogP contribution is -2.16. The van der Waals surface area contributed by atoms with Gasteiger partial charge in [-0.2, -0.15) is 0 Å². The lowest BCUT2D eigenvalue weighted by atomic mass is 10.1. The number of aromatic nitrogens is 2. The standard InChI is InChI=1S/C16H18N4/c1-20(10-13-4-2-12(9-17)3-5-13)14-6-7-15-16(8-14)19-11-18-15/h2-8,11H,9-10,17H2,1H3,(H,18,19). The predicted molar refractivity (Wildman–Crippen MR) is 82.5 cm³/mol. The van der Waals surface area contributed by atoms with Crippen molar-refractivity contribution in [2.75, 3.05) is 11.9 Å². The van der Waals surface area contributed by atoms with Gasteiger partial charge in [-0.25, -0.2) is 4.98 Å². The topological polar surface area (TPSA) is 57.9 Å². The molecule has 102 valence electrons. The molecule has 4 heteroatoms. The summed E-state index contributed by atoms with van der Waals surface area (Å²) in [5.41, 5.74) is 11.3. The molecule has 0 saturated heterocycles. The quantitative estimate of drug-likeness (QED) is 0.763. The molecule has 20 heavy (non-hydrogen) atoms. The van der Waals surface area contributed by atoms with E-state index < -0.39 is 0 Å². The summed E-state index contributed by atoms with van der Waals surface area (Å²) in [5, 5.41) is 0. The third-order valence-corrected chi connectivity index (χ3v) is 3.52. The van der Waals surface area contributed by atoms with E-state index >= 15 is 0 Å². The molecule has 0 amide bonds. The van der Waals surface area contributed by atoms with Crippen molar-refractivity contribution in [1.82, 2.24) is 9.97 Å². The number of rotatable bonds is 4. The van der Waals surface area contributed by atoms with Crippen LogP contribution >= 0.6 is 0 Å². The highest BCUT2D eigenvalue weighted by molar-refractivity contribution is 5.78. The summed E-state index contributed by atoms with van der Waals surface area (Å²) in [5.74, 6) is 0. The summed E-state index contributed by atoms with van der Waals surface area (Å²) >= 11 is 0. The van der Waals surface area contributed by atoms with Gasteiger partial charge in [0, 0.05) is 25.8 Å². The average molecular weight is 266 g/mol. The van der Waals surface area contributed by atoms with Gasteiger partial charge < -0.3 is 15.6 Å². The highest BCUT2D eigenvalue weighted by atomic mass is 15.1. The molecule has 3 rings (SSSR count). The molecule has 0 aliphatic rings. The fraction of sp³-hybridized carbons (Fsp3) is 0.188. The SMILES string of the molecule is CN(Cc1ccc(CN)cc1)c1ccc2nc[nH]c2c1. The molecule has 0 unspecified atom stereocenters. The van der Waals surface area contributed by atoms with Crippen LogP contribution < -0.4 is 10.6 Å². The molecule has 0 aliphatic heterocycles. The molecule has 1 heterocycles. The van der Waals surface area contributed by atoms with Crippen LogP contribution in [0.4, 0.5) is 5.69 Å². The Hall–Kier alpha value is -2.33. The molecule has 0 spiro atoms. The predicted octanol–water partition coefficient (Wildman–Crippen LogP) is 2.66. The normalized spacial score (nSPS) is 10.9. The van der Waals surface area contributed by atoms with E-state index in [4.69, 9.17) is 5.73 Å². The highest BCUT2D eigenvalue weighted by Crippen LogP contribution is 2.20. The Labute approximate surface area is 118 Å². The fourth-order valence-electron chi connectivity index (χ4n) is 2.31. The van der Waals surface area contributed by atoms with Gasteiger partial charge in [-0.15, -0.1) is 0 Å². The molecule has 0 aliphatic carbocycles. The van der Waals surface area contributed by atoms with Crippen molar-refractivity contribution in [2.24, 2.45) is 5.73 Å². The summed E-state index contributed by atoms with van der Waals surface area (Å²) in [6.45, 7) is 1.46. The Morgan fingerprint density at radius 1 is 1.10 bits per heavy atom. The molecule has 0 atom stereocenters. The molecule has 0 saturated carbocycles. The first-order valence-electron chi connectivity index (χ1n) is 6.68. The maximum atomic E-state index is 5.62. The second-order valence-corrected chi connectivity index (χ2v) is 4.98. The van der Waals surface area contributed by atoms with Crippen LogP contribution in [-0.2, 0) is 13.1 Å². The minimum Gasteiger partial charge on any atom is -0.370 e. The number of H-pyrrole nitrogens is 1. The van der Waals surface area contributed by atoms with E-state index in [1.165, 1.54) is 11.3 Å². The van der Waals surface area contributed by atoms with Crippen LogP contribution in [0.25, 0.3) is 11.0 Å². The molecule has 3 aromatic rings. The number of nitrogens with two attached hydrogens (primary N) is 1. The van der Waals surface area contributed by atoms with Gasteiger partial charge in [0.05, 0.1) is 17.4 Å². The van der Waals surface area contributed by atoms with E-state index in [0.29, 0.717) is 6.54 Å². The molecule has 4 nitrogen and oxygen atoms in total. The number of imidazole rings is 1. The first-order valence-corrected chi connectivity index (χ1v) is 6.68. The van der Waals surface area contributed by atoms with Crippen LogP contribution in [0.3, 0.4) is 0 Å². The molecule has 0 fully saturated rings. The zero-order chi connectivity index (χ0) is 13.9. The van der Waals surface area contributed by atoms with Crippen molar-refractivity contribution in [2.45, 2.75) is 13.1 Å². The smallest absolute Gasteiger partial charge is 0.0931 e. The van der Waals surface area contributed by atoms with Crippen molar-refractivity contribution >= 4 is 16.7 Å². The molecule has 3 N–H and O–H groups in total. The highest BCUT2D eigenvalue weighted by Gasteiger charge is 2.04. The van der Waals surface area contributed by atoms with Crippen LogP contribution in [0.2, 0.25) is 0 Å². The molecule has 2 aromatic carbocycles. The number of anilines is 1. The number of fused-ring (bicyclic) bond motifs is 1. The number of aromatic amines is 1. The maximum absolute atomic E-state index is 5.62. The van der Waals surface area contributed by atoms with Crippen molar-refractivity contribution in [3.8, 4) is 0 Å². The van der Waals surface area contributed by atoms with Crippen LogP contribution in [-0.4, -0.2) is 17.0 Å². The van der Waals surface area contributed by atoms with E-state index in [1.807, 2.05) is 6.07 Å². The lowest BCUT2D eigenvalue weighted by molar-refractivity contribution is 0.921. The molecular formula is C16H18N4. The number of nitrogens with one attached hydrogen (secondary N) is 1. The van der Waals surface area contributed by atoms with Gasteiger partial charge in [0.25, 0.3) is 0 Å². The maximum Gasteiger partial charge on any atom is 0.0931 e.